The zero-order valence-corrected chi connectivity index (χ0v) is 14.9. The van der Waals surface area contributed by atoms with E-state index in [9.17, 15) is 37.2 Å². The summed E-state index contributed by atoms with van der Waals surface area (Å²) in [6.07, 6.45) is -2.93. The molecule has 0 N–H and O–H groups in total. The van der Waals surface area contributed by atoms with Crippen LogP contribution in [0.5, 0.6) is 0 Å². The van der Waals surface area contributed by atoms with E-state index in [0.717, 1.165) is 0 Å². The molecular formula is C14H16N2O10S. The fourth-order valence-electron chi connectivity index (χ4n) is 2.30. The smallest absolute Gasteiger partial charge is 0.423 e. The fraction of sp³-hybridized carbons (Fsp3) is 0.571. The predicted molar refractivity (Wildman–Crippen MR) is 83.5 cm³/mol. The van der Waals surface area contributed by atoms with Crippen molar-refractivity contribution in [3.63, 3.8) is 0 Å². The van der Waals surface area contributed by atoms with Gasteiger partial charge in [-0.05, 0) is 0 Å². The van der Waals surface area contributed by atoms with Gasteiger partial charge in [-0.3, -0.25) is 19.2 Å². The average molecular weight is 404 g/mol. The molecule has 12 nitrogen and oxygen atoms in total. The summed E-state index contributed by atoms with van der Waals surface area (Å²) in [5.41, 5.74) is 0. The highest BCUT2D eigenvalue weighted by atomic mass is 32.2. The first-order chi connectivity index (χ1) is 12.6. The van der Waals surface area contributed by atoms with Crippen LogP contribution in [0.1, 0.15) is 25.7 Å². The molecule has 0 aromatic heterocycles. The van der Waals surface area contributed by atoms with Gasteiger partial charge in [0.05, 0.1) is 11.5 Å². The Hall–Kier alpha value is -2.83. The Kier molecular flexibility index (Phi) is 6.25. The topological polar surface area (TPSA) is 162 Å². The average Bonchev–Trinajstić information content (AvgIpc) is 3.08. The monoisotopic (exact) mass is 404 g/mol. The van der Waals surface area contributed by atoms with Crippen LogP contribution >= 0.6 is 0 Å². The molecular weight excluding hydrogens is 388 g/mol. The third-order valence-electron chi connectivity index (χ3n) is 3.71. The third-order valence-corrected chi connectivity index (χ3v) is 5.29. The second-order valence-corrected chi connectivity index (χ2v) is 7.93. The minimum Gasteiger partial charge on any atom is -0.448 e. The number of rotatable bonds is 6. The van der Waals surface area contributed by atoms with Crippen molar-refractivity contribution in [1.82, 2.24) is 9.80 Å². The molecule has 2 fully saturated rings. The number of imide groups is 6. The quantitative estimate of drug-likeness (QED) is 0.500. The predicted octanol–water partition coefficient (Wildman–Crippen LogP) is -1.03. The standard InChI is InChI=1S/C14H16N2O10S/c17-9-1-2-10(18)15(9)13(21)25-5-7-27(23,24)8-6-26-14(22)16-11(19)3-4-12(16)20/h1-8H2. The maximum atomic E-state index is 11.8. The molecule has 0 radical (unpaired) electrons. The summed E-state index contributed by atoms with van der Waals surface area (Å²) in [4.78, 5) is 69.1. The summed E-state index contributed by atoms with van der Waals surface area (Å²) in [7, 11) is -3.81. The van der Waals surface area contributed by atoms with Gasteiger partial charge in [0, 0.05) is 25.7 Å². The van der Waals surface area contributed by atoms with Crippen molar-refractivity contribution in [3.05, 3.63) is 0 Å². The first-order valence-corrected chi connectivity index (χ1v) is 9.70. The van der Waals surface area contributed by atoms with E-state index in [2.05, 4.69) is 9.47 Å². The fourth-order valence-corrected chi connectivity index (χ4v) is 3.18. The van der Waals surface area contributed by atoms with Gasteiger partial charge in [-0.2, -0.15) is 9.80 Å². The summed E-state index contributed by atoms with van der Waals surface area (Å²) in [6, 6.07) is 0. The summed E-state index contributed by atoms with van der Waals surface area (Å²) in [5.74, 6) is -4.13. The van der Waals surface area contributed by atoms with Crippen molar-refractivity contribution in [2.75, 3.05) is 24.7 Å². The zero-order chi connectivity index (χ0) is 20.2. The highest BCUT2D eigenvalue weighted by Gasteiger charge is 2.36. The molecule has 2 aliphatic rings. The molecule has 27 heavy (non-hydrogen) atoms. The van der Waals surface area contributed by atoms with Gasteiger partial charge in [-0.1, -0.05) is 0 Å². The minimum absolute atomic E-state index is 0.111. The van der Waals surface area contributed by atoms with Gasteiger partial charge in [0.15, 0.2) is 9.84 Å². The Labute approximate surface area is 153 Å². The molecule has 2 heterocycles. The second-order valence-electron chi connectivity index (χ2n) is 5.63. The zero-order valence-electron chi connectivity index (χ0n) is 14.0. The van der Waals surface area contributed by atoms with E-state index in [0.29, 0.717) is 9.80 Å². The molecule has 13 heteroatoms. The first kappa shape index (κ1) is 20.5. The molecule has 0 atom stereocenters. The highest BCUT2D eigenvalue weighted by Crippen LogP contribution is 2.14. The third kappa shape index (κ3) is 5.09. The molecule has 0 aromatic carbocycles. The Morgan fingerprint density at radius 2 is 1.00 bits per heavy atom. The molecule has 0 aliphatic carbocycles. The van der Waals surface area contributed by atoms with E-state index in [1.165, 1.54) is 0 Å². The summed E-state index contributed by atoms with van der Waals surface area (Å²) in [5, 5.41) is 0. The Balaban J connectivity index is 1.72. The lowest BCUT2D eigenvalue weighted by Crippen LogP contribution is -2.37. The van der Waals surface area contributed by atoms with Crippen LogP contribution in [-0.2, 0) is 38.5 Å². The number of amides is 6. The van der Waals surface area contributed by atoms with Gasteiger partial charge in [0.1, 0.15) is 13.2 Å². The first-order valence-electron chi connectivity index (χ1n) is 7.88. The number of carbonyl (C=O) groups is 6. The SMILES string of the molecule is O=C1CCC(=O)N1C(=O)OCCS(=O)(=O)CCOC(=O)N1C(=O)CCC1=O. The number of sulfone groups is 1. The van der Waals surface area contributed by atoms with Crippen molar-refractivity contribution >= 4 is 45.7 Å². The Bertz CT molecular complexity index is 711. The van der Waals surface area contributed by atoms with Crippen LogP contribution in [0.15, 0.2) is 0 Å². The molecule has 2 rings (SSSR count). The van der Waals surface area contributed by atoms with Gasteiger partial charge in [-0.15, -0.1) is 0 Å². The number of nitrogens with zero attached hydrogens (tertiary/aromatic N) is 2. The van der Waals surface area contributed by atoms with Crippen LogP contribution in [0.3, 0.4) is 0 Å². The lowest BCUT2D eigenvalue weighted by Gasteiger charge is -2.13. The van der Waals surface area contributed by atoms with Crippen LogP contribution in [0.25, 0.3) is 0 Å². The molecule has 2 saturated heterocycles. The number of carbonyl (C=O) groups excluding carboxylic acids is 6. The Morgan fingerprint density at radius 3 is 1.30 bits per heavy atom. The Morgan fingerprint density at radius 1 is 0.704 bits per heavy atom. The van der Waals surface area contributed by atoms with Gasteiger partial charge < -0.3 is 9.47 Å². The van der Waals surface area contributed by atoms with Crippen molar-refractivity contribution in [3.8, 4) is 0 Å². The minimum atomic E-state index is -3.81. The molecule has 6 amide bonds. The van der Waals surface area contributed by atoms with Crippen LogP contribution in [0, 0.1) is 0 Å². The molecule has 0 aromatic rings. The van der Waals surface area contributed by atoms with Crippen molar-refractivity contribution in [2.45, 2.75) is 25.7 Å². The van der Waals surface area contributed by atoms with Gasteiger partial charge >= 0.3 is 12.2 Å². The van der Waals surface area contributed by atoms with Crippen molar-refractivity contribution < 1.29 is 46.7 Å². The number of hydrogen-bond acceptors (Lipinski definition) is 10. The highest BCUT2D eigenvalue weighted by molar-refractivity contribution is 7.91. The van der Waals surface area contributed by atoms with E-state index in [1.807, 2.05) is 0 Å². The van der Waals surface area contributed by atoms with E-state index < -0.39 is 70.4 Å². The summed E-state index contributed by atoms with van der Waals surface area (Å²) >= 11 is 0. The van der Waals surface area contributed by atoms with Crippen LogP contribution < -0.4 is 0 Å². The largest absolute Gasteiger partial charge is 0.448 e. The number of likely N-dealkylation sites (tertiary alicyclic amines) is 2. The van der Waals surface area contributed by atoms with Crippen LogP contribution in [-0.4, -0.2) is 78.8 Å². The number of ether oxygens (including phenoxy) is 2. The van der Waals surface area contributed by atoms with E-state index in [-0.39, 0.29) is 25.7 Å². The second kappa shape index (κ2) is 8.24. The normalized spacial score (nSPS) is 17.6. The molecule has 0 bridgehead atoms. The maximum absolute atomic E-state index is 11.8. The lowest BCUT2D eigenvalue weighted by atomic mass is 10.4. The van der Waals surface area contributed by atoms with Crippen LogP contribution in [0.4, 0.5) is 9.59 Å². The molecule has 0 saturated carbocycles. The van der Waals surface area contributed by atoms with Crippen LogP contribution in [0.2, 0.25) is 0 Å². The van der Waals surface area contributed by atoms with Gasteiger partial charge in [0.2, 0.25) is 23.6 Å². The van der Waals surface area contributed by atoms with Crippen molar-refractivity contribution in [2.24, 2.45) is 0 Å². The van der Waals surface area contributed by atoms with Gasteiger partial charge in [-0.25, -0.2) is 18.0 Å². The lowest BCUT2D eigenvalue weighted by molar-refractivity contribution is -0.137. The summed E-state index contributed by atoms with van der Waals surface area (Å²) in [6.45, 7) is -1.20. The molecule has 2 aliphatic heterocycles. The van der Waals surface area contributed by atoms with E-state index in [1.54, 1.807) is 0 Å². The maximum Gasteiger partial charge on any atom is 0.423 e. The number of hydrogen-bond donors (Lipinski definition) is 0. The van der Waals surface area contributed by atoms with Crippen molar-refractivity contribution in [1.29, 1.82) is 0 Å². The van der Waals surface area contributed by atoms with Gasteiger partial charge in [0.25, 0.3) is 0 Å². The van der Waals surface area contributed by atoms with E-state index in [4.69, 9.17) is 0 Å². The summed E-state index contributed by atoms with van der Waals surface area (Å²) < 4.78 is 32.8. The molecule has 0 unspecified atom stereocenters. The molecule has 148 valence electrons. The molecule has 0 spiro atoms. The van der Waals surface area contributed by atoms with E-state index >= 15 is 0 Å².